The zero-order valence-corrected chi connectivity index (χ0v) is 21.0. The van der Waals surface area contributed by atoms with E-state index in [-0.39, 0.29) is 18.3 Å². The number of hydrogen-bond donors (Lipinski definition) is 2. The molecule has 0 spiro atoms. The number of aromatic nitrogens is 3. The third-order valence-corrected chi connectivity index (χ3v) is 5.70. The van der Waals surface area contributed by atoms with Crippen LogP contribution in [0.15, 0.2) is 67.5 Å². The Bertz CT molecular complexity index is 1350. The van der Waals surface area contributed by atoms with Gasteiger partial charge in [0.05, 0.1) is 31.0 Å². The molecule has 1 atom stereocenters. The van der Waals surface area contributed by atoms with Crippen molar-refractivity contribution in [1.82, 2.24) is 20.1 Å². The smallest absolute Gasteiger partial charge is 0.254 e. The number of pyridine rings is 1. The molecule has 1 unspecified atom stereocenters. The molecule has 8 heteroatoms. The van der Waals surface area contributed by atoms with E-state index in [4.69, 9.17) is 4.74 Å². The van der Waals surface area contributed by atoms with Crippen molar-refractivity contribution in [1.29, 1.82) is 0 Å². The fourth-order valence-corrected chi connectivity index (χ4v) is 3.93. The highest BCUT2D eigenvalue weighted by Gasteiger charge is 2.26. The van der Waals surface area contributed by atoms with Crippen LogP contribution in [0.5, 0.6) is 5.75 Å². The van der Waals surface area contributed by atoms with Gasteiger partial charge in [0.2, 0.25) is 0 Å². The van der Waals surface area contributed by atoms with Crippen LogP contribution in [0.25, 0.3) is 22.0 Å². The molecule has 0 aliphatic heterocycles. The second-order valence-corrected chi connectivity index (χ2v) is 8.13. The number of benzene rings is 2. The molecule has 0 radical (unpaired) electrons. The minimum absolute atomic E-state index is 0.291. The van der Waals surface area contributed by atoms with Crippen LogP contribution >= 0.6 is 0 Å². The Morgan fingerprint density at radius 3 is 2.69 bits per heavy atom. The number of aryl methyl sites for hydroxylation is 1. The maximum atomic E-state index is 13.7. The van der Waals surface area contributed by atoms with Crippen molar-refractivity contribution < 1.29 is 19.0 Å². The molecule has 0 saturated heterocycles. The summed E-state index contributed by atoms with van der Waals surface area (Å²) < 4.78 is 19.5. The molecule has 0 fully saturated rings. The van der Waals surface area contributed by atoms with Crippen molar-refractivity contribution in [3.63, 3.8) is 0 Å². The van der Waals surface area contributed by atoms with Gasteiger partial charge in [-0.25, -0.2) is 4.39 Å². The number of ether oxygens (including phenoxy) is 1. The summed E-state index contributed by atoms with van der Waals surface area (Å²) in [5.41, 5.74) is 3.95. The molecule has 0 aliphatic rings. The molecular formula is C28H31FN4O3. The molecule has 2 N–H and O–H groups in total. The number of rotatable bonds is 7. The summed E-state index contributed by atoms with van der Waals surface area (Å²) in [5.74, 6) is -0.164. The van der Waals surface area contributed by atoms with Gasteiger partial charge in [-0.15, -0.1) is 6.58 Å². The number of nitrogens with zero attached hydrogens (tertiary/aromatic N) is 3. The first-order valence-electron chi connectivity index (χ1n) is 11.6. The lowest BCUT2D eigenvalue weighted by Crippen LogP contribution is -2.33. The summed E-state index contributed by atoms with van der Waals surface area (Å²) in [6, 6.07) is 10.7. The fraction of sp³-hybridized carbons (Fsp3) is 0.250. The molecule has 4 aromatic rings. The maximum Gasteiger partial charge on any atom is 0.254 e. The lowest BCUT2D eigenvalue weighted by molar-refractivity contribution is 0.0659. The van der Waals surface area contributed by atoms with Crippen molar-refractivity contribution in [2.45, 2.75) is 26.8 Å². The highest BCUT2D eigenvalue weighted by Crippen LogP contribution is 2.33. The second-order valence-electron chi connectivity index (χ2n) is 8.13. The van der Waals surface area contributed by atoms with Crippen LogP contribution < -0.4 is 4.74 Å². The first-order chi connectivity index (χ1) is 17.4. The van der Waals surface area contributed by atoms with E-state index in [1.807, 2.05) is 20.8 Å². The number of likely N-dealkylation sites (N-methyl/N-ethyl adjacent to an activating group) is 1. The monoisotopic (exact) mass is 490 g/mol. The Labute approximate surface area is 210 Å². The number of allylic oxidation sites excluding steroid dienone is 1. The van der Waals surface area contributed by atoms with E-state index in [9.17, 15) is 14.3 Å². The Morgan fingerprint density at radius 2 is 2.03 bits per heavy atom. The Kier molecular flexibility index (Phi) is 8.91. The van der Waals surface area contributed by atoms with Crippen molar-refractivity contribution >= 4 is 16.8 Å². The van der Waals surface area contributed by atoms with Gasteiger partial charge >= 0.3 is 0 Å². The number of carbonyl (C=O) groups is 1. The van der Waals surface area contributed by atoms with E-state index in [1.165, 1.54) is 17.0 Å². The normalized spacial score (nSPS) is 11.4. The number of hydrogen-bond acceptors (Lipinski definition) is 5. The van der Waals surface area contributed by atoms with Gasteiger partial charge in [0.25, 0.3) is 5.91 Å². The molecule has 188 valence electrons. The number of fused-ring (bicyclic) bond motifs is 1. The number of aliphatic hydroxyl groups is 1. The van der Waals surface area contributed by atoms with E-state index in [0.29, 0.717) is 34.6 Å². The minimum atomic E-state index is -0.632. The number of amides is 1. The van der Waals surface area contributed by atoms with Gasteiger partial charge in [-0.05, 0) is 56.7 Å². The molecule has 7 nitrogen and oxygen atoms in total. The summed E-state index contributed by atoms with van der Waals surface area (Å²) in [6.07, 6.45) is 5.08. The number of aliphatic hydroxyl groups excluding tert-OH is 1. The molecule has 1 amide bonds. The molecular weight excluding hydrogens is 459 g/mol. The van der Waals surface area contributed by atoms with Crippen LogP contribution in [-0.4, -0.2) is 51.4 Å². The lowest BCUT2D eigenvalue weighted by Gasteiger charge is -2.27. The van der Waals surface area contributed by atoms with Gasteiger partial charge in [-0.2, -0.15) is 5.10 Å². The molecule has 2 heterocycles. The number of halogens is 1. The zero-order chi connectivity index (χ0) is 26.2. The van der Waals surface area contributed by atoms with Crippen LogP contribution in [-0.2, 0) is 0 Å². The molecule has 0 saturated carbocycles. The molecule has 4 rings (SSSR count). The maximum absolute atomic E-state index is 13.7. The SMILES string of the molecule is C=CC.CCOc1cc(C(=O)N(C)C(CO)c2cnc(C)c3cn[nH]c23)ccc1-c1cccc(F)c1. The zero-order valence-electron chi connectivity index (χ0n) is 21.0. The average Bonchev–Trinajstić information content (AvgIpc) is 3.37. The van der Waals surface area contributed by atoms with Crippen LogP contribution in [0.3, 0.4) is 0 Å². The molecule has 2 aromatic heterocycles. The summed E-state index contributed by atoms with van der Waals surface area (Å²) in [7, 11) is 1.63. The van der Waals surface area contributed by atoms with E-state index in [1.54, 1.807) is 55.8 Å². The van der Waals surface area contributed by atoms with Gasteiger partial charge < -0.3 is 14.7 Å². The topological polar surface area (TPSA) is 91.3 Å². The summed E-state index contributed by atoms with van der Waals surface area (Å²) in [4.78, 5) is 19.2. The van der Waals surface area contributed by atoms with Crippen molar-refractivity contribution in [2.24, 2.45) is 0 Å². The van der Waals surface area contributed by atoms with Crippen LogP contribution in [0.2, 0.25) is 0 Å². The largest absolute Gasteiger partial charge is 0.493 e. The molecule has 0 bridgehead atoms. The fourth-order valence-electron chi connectivity index (χ4n) is 3.93. The number of carbonyl (C=O) groups excluding carboxylic acids is 1. The average molecular weight is 491 g/mol. The third-order valence-electron chi connectivity index (χ3n) is 5.70. The Balaban J connectivity index is 0.00000115. The number of H-pyrrole nitrogens is 1. The quantitative estimate of drug-likeness (QED) is 0.335. The van der Waals surface area contributed by atoms with Crippen molar-refractivity contribution in [3.8, 4) is 16.9 Å². The van der Waals surface area contributed by atoms with Gasteiger partial charge in [-0.3, -0.25) is 14.9 Å². The lowest BCUT2D eigenvalue weighted by atomic mass is 10.0. The van der Waals surface area contributed by atoms with E-state index < -0.39 is 6.04 Å². The predicted octanol–water partition coefficient (Wildman–Crippen LogP) is 5.47. The highest BCUT2D eigenvalue weighted by molar-refractivity contribution is 5.96. The summed E-state index contributed by atoms with van der Waals surface area (Å²) in [6.45, 7) is 9.07. The molecule has 0 aliphatic carbocycles. The van der Waals surface area contributed by atoms with E-state index >= 15 is 0 Å². The van der Waals surface area contributed by atoms with E-state index in [2.05, 4.69) is 21.8 Å². The second kappa shape index (κ2) is 12.1. The number of nitrogens with one attached hydrogen (secondary N) is 1. The standard InChI is InChI=1S/C25H25FN4O3.C3H6/c1-4-33-23-11-17(8-9-19(23)16-6-5-7-18(26)10-16)25(32)30(3)22(14-31)21-12-27-15(2)20-13-28-29-24(20)21;1-3-2/h5-13,22,31H,4,14H2,1-3H3,(H,28,29);3H,1H2,2H3. The molecule has 36 heavy (non-hydrogen) atoms. The van der Waals surface area contributed by atoms with E-state index in [0.717, 1.165) is 16.6 Å². The Hall–Kier alpha value is -4.04. The highest BCUT2D eigenvalue weighted by atomic mass is 19.1. The van der Waals surface area contributed by atoms with Crippen molar-refractivity contribution in [2.75, 3.05) is 20.3 Å². The van der Waals surface area contributed by atoms with Crippen molar-refractivity contribution in [3.05, 3.63) is 90.2 Å². The van der Waals surface area contributed by atoms with Crippen LogP contribution in [0.1, 0.15) is 41.5 Å². The first-order valence-corrected chi connectivity index (χ1v) is 11.6. The van der Waals surface area contributed by atoms with Gasteiger partial charge in [0.1, 0.15) is 11.6 Å². The first kappa shape index (κ1) is 26.6. The summed E-state index contributed by atoms with van der Waals surface area (Å²) in [5, 5.41) is 18.0. The van der Waals surface area contributed by atoms with Gasteiger partial charge in [-0.1, -0.05) is 18.2 Å². The predicted molar refractivity (Wildman–Crippen MR) is 139 cm³/mol. The Morgan fingerprint density at radius 1 is 1.28 bits per heavy atom. The summed E-state index contributed by atoms with van der Waals surface area (Å²) >= 11 is 0. The van der Waals surface area contributed by atoms with Gasteiger partial charge in [0, 0.05) is 41.0 Å². The molecule has 2 aromatic carbocycles. The van der Waals surface area contributed by atoms with Crippen LogP contribution in [0.4, 0.5) is 4.39 Å². The van der Waals surface area contributed by atoms with Crippen LogP contribution in [0, 0.1) is 12.7 Å². The third kappa shape index (κ3) is 5.60. The van der Waals surface area contributed by atoms with Gasteiger partial charge in [0.15, 0.2) is 0 Å². The minimum Gasteiger partial charge on any atom is -0.493 e. The number of aromatic amines is 1.